The molecule has 1 rings (SSSR count). The molecule has 1 atom stereocenters. The lowest BCUT2D eigenvalue weighted by atomic mass is 10.1. The second-order valence-electron chi connectivity index (χ2n) is 3.63. The van der Waals surface area contributed by atoms with Gasteiger partial charge in [-0.25, -0.2) is 4.79 Å². The highest BCUT2D eigenvalue weighted by Crippen LogP contribution is 2.18. The Balaban J connectivity index is 2.90. The van der Waals surface area contributed by atoms with E-state index in [2.05, 4.69) is 5.32 Å². The van der Waals surface area contributed by atoms with Gasteiger partial charge in [-0.15, -0.1) is 0 Å². The van der Waals surface area contributed by atoms with Gasteiger partial charge in [0.15, 0.2) is 6.04 Å². The molecule has 0 unspecified atom stereocenters. The van der Waals surface area contributed by atoms with Crippen molar-refractivity contribution in [3.63, 3.8) is 0 Å². The van der Waals surface area contributed by atoms with Crippen LogP contribution in [0.3, 0.4) is 0 Å². The van der Waals surface area contributed by atoms with Gasteiger partial charge >= 0.3 is 11.9 Å². The number of carbonyl (C=O) groups excluding carboxylic acids is 2. The van der Waals surface area contributed by atoms with Crippen molar-refractivity contribution in [2.75, 3.05) is 0 Å². The molecule has 0 heterocycles. The lowest BCUT2D eigenvalue weighted by Gasteiger charge is -2.13. The summed E-state index contributed by atoms with van der Waals surface area (Å²) >= 11 is 0. The third-order valence-corrected chi connectivity index (χ3v) is 2.07. The van der Waals surface area contributed by atoms with E-state index in [1.165, 1.54) is 38.1 Å². The van der Waals surface area contributed by atoms with Gasteiger partial charge in [0.2, 0.25) is 5.91 Å². The van der Waals surface area contributed by atoms with E-state index in [1.54, 1.807) is 0 Å². The van der Waals surface area contributed by atoms with Crippen molar-refractivity contribution >= 4 is 17.8 Å². The zero-order valence-electron chi connectivity index (χ0n) is 9.97. The fourth-order valence-corrected chi connectivity index (χ4v) is 1.39. The topological polar surface area (TPSA) is 92.7 Å². The minimum atomic E-state index is -1.16. The Morgan fingerprint density at radius 2 is 1.72 bits per heavy atom. The lowest BCUT2D eigenvalue weighted by Crippen LogP contribution is -2.31. The van der Waals surface area contributed by atoms with Crippen LogP contribution in [-0.2, 0) is 14.4 Å². The van der Waals surface area contributed by atoms with E-state index in [-0.39, 0.29) is 0 Å². The van der Waals surface area contributed by atoms with Gasteiger partial charge in [0, 0.05) is 13.8 Å². The molecule has 0 aliphatic carbocycles. The minimum Gasteiger partial charge on any atom is -0.479 e. The Hall–Kier alpha value is -2.37. The molecule has 0 saturated carbocycles. The molecule has 6 heteroatoms. The molecule has 2 N–H and O–H groups in total. The van der Waals surface area contributed by atoms with E-state index in [4.69, 9.17) is 9.84 Å². The van der Waals surface area contributed by atoms with Crippen molar-refractivity contribution in [2.24, 2.45) is 0 Å². The molecule has 0 aliphatic heterocycles. The molecule has 1 amide bonds. The zero-order valence-corrected chi connectivity index (χ0v) is 9.97. The number of aliphatic carboxylic acids is 1. The van der Waals surface area contributed by atoms with Gasteiger partial charge < -0.3 is 15.2 Å². The molecule has 1 aromatic rings. The number of ether oxygens (including phenoxy) is 1. The van der Waals surface area contributed by atoms with Crippen LogP contribution in [-0.4, -0.2) is 23.0 Å². The van der Waals surface area contributed by atoms with E-state index < -0.39 is 23.9 Å². The van der Waals surface area contributed by atoms with Crippen LogP contribution in [0.5, 0.6) is 5.75 Å². The van der Waals surface area contributed by atoms with Crippen LogP contribution in [0.4, 0.5) is 0 Å². The van der Waals surface area contributed by atoms with Gasteiger partial charge in [0.05, 0.1) is 0 Å². The Kier molecular flexibility index (Phi) is 4.42. The van der Waals surface area contributed by atoms with E-state index in [1.807, 2.05) is 0 Å². The Bertz CT molecular complexity index is 466. The molecule has 0 saturated heterocycles. The standard InChI is InChI=1S/C12H13NO5/c1-7(14)13-11(12(16)17)9-3-5-10(6-4-9)18-8(2)15/h3-6,11H,1-2H3,(H,13,14)(H,16,17)/t11-/m0/s1. The number of amides is 1. The first-order valence-electron chi connectivity index (χ1n) is 5.18. The Morgan fingerprint density at radius 1 is 1.17 bits per heavy atom. The molecule has 0 bridgehead atoms. The average molecular weight is 251 g/mol. The number of carboxylic acids is 1. The molecule has 6 nitrogen and oxygen atoms in total. The smallest absolute Gasteiger partial charge is 0.330 e. The molecule has 0 spiro atoms. The van der Waals surface area contributed by atoms with Crippen LogP contribution in [0.25, 0.3) is 0 Å². The van der Waals surface area contributed by atoms with Crippen molar-refractivity contribution < 1.29 is 24.2 Å². The molecule has 0 fully saturated rings. The summed E-state index contributed by atoms with van der Waals surface area (Å²) in [5.74, 6) is -1.74. The van der Waals surface area contributed by atoms with Crippen molar-refractivity contribution in [1.82, 2.24) is 5.32 Å². The summed E-state index contributed by atoms with van der Waals surface area (Å²) in [6, 6.07) is 4.78. The maximum Gasteiger partial charge on any atom is 0.330 e. The van der Waals surface area contributed by atoms with Crippen LogP contribution in [0.15, 0.2) is 24.3 Å². The van der Waals surface area contributed by atoms with Gasteiger partial charge in [-0.2, -0.15) is 0 Å². The van der Waals surface area contributed by atoms with Crippen molar-refractivity contribution in [3.8, 4) is 5.75 Å². The predicted molar refractivity (Wildman–Crippen MR) is 61.9 cm³/mol. The Morgan fingerprint density at radius 3 is 2.11 bits per heavy atom. The summed E-state index contributed by atoms with van der Waals surface area (Å²) in [7, 11) is 0. The maximum atomic E-state index is 11.0. The fourth-order valence-electron chi connectivity index (χ4n) is 1.39. The fraction of sp³-hybridized carbons (Fsp3) is 0.250. The number of hydrogen-bond acceptors (Lipinski definition) is 4. The molecular formula is C12H13NO5. The highest BCUT2D eigenvalue weighted by atomic mass is 16.5. The van der Waals surface area contributed by atoms with Gasteiger partial charge in [-0.3, -0.25) is 9.59 Å². The number of rotatable bonds is 4. The average Bonchev–Trinajstić information content (AvgIpc) is 2.26. The van der Waals surface area contributed by atoms with Crippen molar-refractivity contribution in [3.05, 3.63) is 29.8 Å². The van der Waals surface area contributed by atoms with E-state index >= 15 is 0 Å². The van der Waals surface area contributed by atoms with E-state index in [0.29, 0.717) is 11.3 Å². The Labute approximate surface area is 104 Å². The van der Waals surface area contributed by atoms with Crippen LogP contribution in [0.1, 0.15) is 25.5 Å². The molecule has 96 valence electrons. The van der Waals surface area contributed by atoms with E-state index in [9.17, 15) is 14.4 Å². The van der Waals surface area contributed by atoms with Crippen molar-refractivity contribution in [2.45, 2.75) is 19.9 Å². The quantitative estimate of drug-likeness (QED) is 0.612. The largest absolute Gasteiger partial charge is 0.479 e. The monoisotopic (exact) mass is 251 g/mol. The van der Waals surface area contributed by atoms with Gasteiger partial charge in [-0.05, 0) is 17.7 Å². The predicted octanol–water partition coefficient (Wildman–Crippen LogP) is 0.874. The third kappa shape index (κ3) is 3.89. The summed E-state index contributed by atoms with van der Waals surface area (Å²) < 4.78 is 4.82. The normalized spacial score (nSPS) is 11.4. The summed E-state index contributed by atoms with van der Waals surface area (Å²) in [5.41, 5.74) is 0.397. The molecule has 0 aromatic heterocycles. The second kappa shape index (κ2) is 5.81. The molecule has 0 radical (unpaired) electrons. The first-order valence-corrected chi connectivity index (χ1v) is 5.18. The molecule has 18 heavy (non-hydrogen) atoms. The molecular weight excluding hydrogens is 238 g/mol. The van der Waals surface area contributed by atoms with Crippen LogP contribution >= 0.6 is 0 Å². The minimum absolute atomic E-state index is 0.318. The second-order valence-corrected chi connectivity index (χ2v) is 3.63. The molecule has 0 aliphatic rings. The number of carboxylic acid groups (broad SMARTS) is 1. The van der Waals surface area contributed by atoms with E-state index in [0.717, 1.165) is 0 Å². The van der Waals surface area contributed by atoms with Crippen LogP contribution in [0, 0.1) is 0 Å². The SMILES string of the molecule is CC(=O)N[C@H](C(=O)O)c1ccc(OC(C)=O)cc1. The number of benzene rings is 1. The van der Waals surface area contributed by atoms with Crippen molar-refractivity contribution in [1.29, 1.82) is 0 Å². The zero-order chi connectivity index (χ0) is 13.7. The maximum absolute atomic E-state index is 11.0. The first kappa shape index (κ1) is 13.7. The van der Waals surface area contributed by atoms with Gasteiger partial charge in [0.25, 0.3) is 0 Å². The number of esters is 1. The number of nitrogens with one attached hydrogen (secondary N) is 1. The third-order valence-electron chi connectivity index (χ3n) is 2.07. The molecule has 1 aromatic carbocycles. The highest BCUT2D eigenvalue weighted by molar-refractivity contribution is 5.83. The highest BCUT2D eigenvalue weighted by Gasteiger charge is 2.20. The number of hydrogen-bond donors (Lipinski definition) is 2. The lowest BCUT2D eigenvalue weighted by molar-refractivity contribution is -0.141. The van der Waals surface area contributed by atoms with Gasteiger partial charge in [-0.1, -0.05) is 12.1 Å². The number of carbonyl (C=O) groups is 3. The van der Waals surface area contributed by atoms with Crippen LogP contribution < -0.4 is 10.1 Å². The first-order chi connectivity index (χ1) is 8.40. The summed E-state index contributed by atoms with van der Waals surface area (Å²) in [6.07, 6.45) is 0. The summed E-state index contributed by atoms with van der Waals surface area (Å²) in [5, 5.41) is 11.3. The summed E-state index contributed by atoms with van der Waals surface area (Å²) in [6.45, 7) is 2.51. The summed E-state index contributed by atoms with van der Waals surface area (Å²) in [4.78, 5) is 32.6. The van der Waals surface area contributed by atoms with Gasteiger partial charge in [0.1, 0.15) is 5.75 Å². The van der Waals surface area contributed by atoms with Crippen LogP contribution in [0.2, 0.25) is 0 Å².